The van der Waals surface area contributed by atoms with Crippen LogP contribution in [-0.4, -0.2) is 4.57 Å². The van der Waals surface area contributed by atoms with E-state index in [2.05, 4.69) is 20.0 Å². The van der Waals surface area contributed by atoms with Gasteiger partial charge < -0.3 is 4.57 Å². The van der Waals surface area contributed by atoms with Gasteiger partial charge in [0.25, 0.3) is 0 Å². The predicted molar refractivity (Wildman–Crippen MR) is 55.9 cm³/mol. The lowest BCUT2D eigenvalue weighted by molar-refractivity contribution is 0.849. The lowest BCUT2D eigenvalue weighted by Crippen LogP contribution is -1.84. The molecule has 0 N–H and O–H groups in total. The molecule has 1 heterocycles. The van der Waals surface area contributed by atoms with E-state index in [-0.39, 0.29) is 0 Å². The zero-order valence-electron chi connectivity index (χ0n) is 8.56. The van der Waals surface area contributed by atoms with Crippen molar-refractivity contribution in [3.8, 4) is 0 Å². The molecule has 0 bridgehead atoms. The first-order chi connectivity index (χ1) is 5.61. The molecular formula is C10H18ClN. The van der Waals surface area contributed by atoms with Crippen LogP contribution in [0.1, 0.15) is 39.2 Å². The summed E-state index contributed by atoms with van der Waals surface area (Å²) < 4.78 is 1.98. The molecule has 1 rings (SSSR count). The molecular weight excluding hydrogens is 170 g/mol. The molecule has 0 amide bonds. The second-order valence-electron chi connectivity index (χ2n) is 2.88. The smallest absolute Gasteiger partial charge is 0.0617 e. The van der Waals surface area contributed by atoms with E-state index in [1.165, 1.54) is 5.56 Å². The van der Waals surface area contributed by atoms with Crippen LogP contribution < -0.4 is 0 Å². The van der Waals surface area contributed by atoms with E-state index >= 15 is 0 Å². The summed E-state index contributed by atoms with van der Waals surface area (Å²) in [4.78, 5) is 0. The molecule has 1 aromatic heterocycles. The van der Waals surface area contributed by atoms with Crippen molar-refractivity contribution in [2.45, 2.75) is 33.6 Å². The lowest BCUT2D eigenvalue weighted by atomic mass is 10.1. The number of aromatic nitrogens is 1. The fourth-order valence-electron chi connectivity index (χ4n) is 0.996. The highest BCUT2D eigenvalue weighted by atomic mass is 35.5. The fraction of sp³-hybridized carbons (Fsp3) is 0.600. The first kappa shape index (κ1) is 11.6. The van der Waals surface area contributed by atoms with Gasteiger partial charge >= 0.3 is 0 Å². The third kappa shape index (κ3) is 2.90. The Morgan fingerprint density at radius 3 is 1.92 bits per heavy atom. The maximum absolute atomic E-state index is 5.92. The summed E-state index contributed by atoms with van der Waals surface area (Å²) in [5.41, 5.74) is 1.23. The van der Waals surface area contributed by atoms with Crippen LogP contribution in [0.25, 0.3) is 0 Å². The van der Waals surface area contributed by atoms with Crippen molar-refractivity contribution in [3.63, 3.8) is 0 Å². The second kappa shape index (κ2) is 5.26. The molecule has 0 radical (unpaired) electrons. The minimum absolute atomic E-state index is 0.522. The molecule has 0 aliphatic rings. The van der Waals surface area contributed by atoms with Crippen molar-refractivity contribution in [2.24, 2.45) is 7.05 Å². The monoisotopic (exact) mass is 187 g/mol. The maximum atomic E-state index is 5.92. The molecule has 0 aliphatic heterocycles. The summed E-state index contributed by atoms with van der Waals surface area (Å²) in [6, 6.07) is 0. The average Bonchev–Trinajstić information content (AvgIpc) is 2.34. The van der Waals surface area contributed by atoms with Gasteiger partial charge in [-0.05, 0) is 11.5 Å². The summed E-state index contributed by atoms with van der Waals surface area (Å²) >= 11 is 5.92. The highest BCUT2D eigenvalue weighted by Crippen LogP contribution is 2.23. The van der Waals surface area contributed by atoms with Gasteiger partial charge in [-0.25, -0.2) is 0 Å². The fourth-order valence-corrected chi connectivity index (χ4v) is 1.42. The Morgan fingerprint density at radius 2 is 1.75 bits per heavy atom. The Balaban J connectivity index is 0.000000561. The van der Waals surface area contributed by atoms with Crippen LogP contribution in [0.15, 0.2) is 12.4 Å². The van der Waals surface area contributed by atoms with Gasteiger partial charge in [0.15, 0.2) is 0 Å². The summed E-state index contributed by atoms with van der Waals surface area (Å²) in [5.74, 6) is 0.522. The average molecular weight is 188 g/mol. The van der Waals surface area contributed by atoms with Crippen LogP contribution >= 0.6 is 11.6 Å². The zero-order valence-corrected chi connectivity index (χ0v) is 9.31. The molecule has 0 saturated heterocycles. The third-order valence-electron chi connectivity index (χ3n) is 1.56. The molecule has 2 heteroatoms. The number of halogens is 1. The predicted octanol–water partition coefficient (Wildman–Crippen LogP) is 3.83. The minimum atomic E-state index is 0.522. The first-order valence-corrected chi connectivity index (χ1v) is 4.80. The molecule has 0 atom stereocenters. The van der Waals surface area contributed by atoms with Crippen LogP contribution in [0.2, 0.25) is 5.02 Å². The van der Waals surface area contributed by atoms with Crippen LogP contribution in [0, 0.1) is 0 Å². The van der Waals surface area contributed by atoms with E-state index in [0.29, 0.717) is 5.92 Å². The molecule has 0 spiro atoms. The lowest BCUT2D eigenvalue weighted by Gasteiger charge is -1.99. The molecule has 1 aromatic rings. The molecule has 1 nitrogen and oxygen atoms in total. The third-order valence-corrected chi connectivity index (χ3v) is 1.87. The van der Waals surface area contributed by atoms with Crippen LogP contribution in [0.3, 0.4) is 0 Å². The van der Waals surface area contributed by atoms with Crippen molar-refractivity contribution in [1.29, 1.82) is 0 Å². The van der Waals surface area contributed by atoms with Crippen molar-refractivity contribution < 1.29 is 0 Å². The van der Waals surface area contributed by atoms with Gasteiger partial charge in [0.1, 0.15) is 0 Å². The second-order valence-corrected chi connectivity index (χ2v) is 3.29. The number of hydrogen-bond donors (Lipinski definition) is 0. The molecule has 0 aromatic carbocycles. The quantitative estimate of drug-likeness (QED) is 0.630. The van der Waals surface area contributed by atoms with E-state index in [0.717, 1.165) is 5.02 Å². The molecule has 0 fully saturated rings. The highest BCUT2D eigenvalue weighted by molar-refractivity contribution is 6.31. The van der Waals surface area contributed by atoms with E-state index in [4.69, 9.17) is 11.6 Å². The van der Waals surface area contributed by atoms with Crippen LogP contribution in [0.5, 0.6) is 0 Å². The molecule has 70 valence electrons. The van der Waals surface area contributed by atoms with Gasteiger partial charge in [0, 0.05) is 19.4 Å². The Hall–Kier alpha value is -0.430. The Labute approximate surface area is 80.3 Å². The maximum Gasteiger partial charge on any atom is 0.0617 e. The van der Waals surface area contributed by atoms with Gasteiger partial charge in [0.05, 0.1) is 5.02 Å². The van der Waals surface area contributed by atoms with Gasteiger partial charge in [-0.2, -0.15) is 0 Å². The zero-order chi connectivity index (χ0) is 9.72. The highest BCUT2D eigenvalue weighted by Gasteiger charge is 2.05. The van der Waals surface area contributed by atoms with Crippen molar-refractivity contribution in [1.82, 2.24) is 4.57 Å². The normalized spacial score (nSPS) is 9.58. The molecule has 0 aliphatic carbocycles. The van der Waals surface area contributed by atoms with Gasteiger partial charge in [-0.1, -0.05) is 39.3 Å². The van der Waals surface area contributed by atoms with Crippen molar-refractivity contribution in [3.05, 3.63) is 23.0 Å². The van der Waals surface area contributed by atoms with E-state index in [1.54, 1.807) is 0 Å². The first-order valence-electron chi connectivity index (χ1n) is 4.42. The standard InChI is InChI=1S/C8H12ClN.C2H6/c1-6(2)7-4-10(3)5-8(7)9;1-2/h4-6H,1-3H3;1-2H3. The van der Waals surface area contributed by atoms with Gasteiger partial charge in [-0.15, -0.1) is 0 Å². The largest absolute Gasteiger partial charge is 0.355 e. The Kier molecular flexibility index (Phi) is 5.07. The van der Waals surface area contributed by atoms with Crippen molar-refractivity contribution >= 4 is 11.6 Å². The Morgan fingerprint density at radius 1 is 1.25 bits per heavy atom. The molecule has 12 heavy (non-hydrogen) atoms. The summed E-state index contributed by atoms with van der Waals surface area (Å²) in [5, 5.41) is 0.873. The van der Waals surface area contributed by atoms with E-state index in [1.807, 2.05) is 31.7 Å². The van der Waals surface area contributed by atoms with Gasteiger partial charge in [0.2, 0.25) is 0 Å². The number of hydrogen-bond acceptors (Lipinski definition) is 0. The SMILES string of the molecule is CC.CC(C)c1cn(C)cc1Cl. The van der Waals surface area contributed by atoms with Crippen LogP contribution in [0.4, 0.5) is 0 Å². The number of nitrogens with zero attached hydrogens (tertiary/aromatic N) is 1. The molecule has 0 unspecified atom stereocenters. The number of aryl methyl sites for hydroxylation is 1. The summed E-state index contributed by atoms with van der Waals surface area (Å²) in [6.45, 7) is 8.28. The van der Waals surface area contributed by atoms with Crippen LogP contribution in [-0.2, 0) is 7.05 Å². The van der Waals surface area contributed by atoms with E-state index in [9.17, 15) is 0 Å². The summed E-state index contributed by atoms with van der Waals surface area (Å²) in [7, 11) is 1.98. The Bertz CT molecular complexity index is 226. The minimum Gasteiger partial charge on any atom is -0.355 e. The number of rotatable bonds is 1. The van der Waals surface area contributed by atoms with E-state index < -0.39 is 0 Å². The topological polar surface area (TPSA) is 4.93 Å². The van der Waals surface area contributed by atoms with Crippen molar-refractivity contribution in [2.75, 3.05) is 0 Å². The summed E-state index contributed by atoms with van der Waals surface area (Å²) in [6.07, 6.45) is 3.99. The molecule has 0 saturated carbocycles. The van der Waals surface area contributed by atoms with Gasteiger partial charge in [-0.3, -0.25) is 0 Å².